The molecule has 0 fully saturated rings. The third kappa shape index (κ3) is 26.4. The Morgan fingerprint density at radius 1 is 0.293 bits per heavy atom. The molecule has 0 aliphatic rings. The lowest BCUT2D eigenvalue weighted by atomic mass is 10.0. The third-order valence-electron chi connectivity index (χ3n) is 21.8. The molecule has 4 heterocycles. The number of pyridine rings is 3. The summed E-state index contributed by atoms with van der Waals surface area (Å²) in [5.41, 5.74) is 13.7. The average Bonchev–Trinajstić information content (AvgIpc) is 0.774. The minimum Gasteiger partial charge on any atom is -0.377 e. The Morgan fingerprint density at radius 3 is 0.940 bits per heavy atom. The second-order valence-corrected chi connectivity index (χ2v) is 32.1. The van der Waals surface area contributed by atoms with Crippen LogP contribution in [0.1, 0.15) is 153 Å². The van der Waals surface area contributed by atoms with Gasteiger partial charge in [-0.15, -0.1) is 0 Å². The van der Waals surface area contributed by atoms with E-state index in [0.29, 0.717) is 102 Å². The maximum atomic E-state index is 13.9. The molecule has 10 rings (SSSR count). The first-order chi connectivity index (χ1) is 56.2. The van der Waals surface area contributed by atoms with Crippen LogP contribution >= 0.6 is 0 Å². The summed E-state index contributed by atoms with van der Waals surface area (Å²) in [7, 11) is 22.5. The van der Waals surface area contributed by atoms with Crippen LogP contribution in [0.2, 0.25) is 0 Å². The number of benzene rings is 6. The van der Waals surface area contributed by atoms with Crippen LogP contribution in [0.25, 0.3) is 65.4 Å². The number of ketones is 1. The highest BCUT2D eigenvalue weighted by Crippen LogP contribution is 2.30. The van der Waals surface area contributed by atoms with E-state index in [4.69, 9.17) is 15.0 Å². The normalized spacial score (nSPS) is 11.4. The topological polar surface area (TPSA) is 248 Å². The van der Waals surface area contributed by atoms with Gasteiger partial charge in [0.1, 0.15) is 18.9 Å². The maximum Gasteiger partial charge on any atom is 0.286 e. The van der Waals surface area contributed by atoms with E-state index in [2.05, 4.69) is 250 Å². The summed E-state index contributed by atoms with van der Waals surface area (Å²) in [6, 6.07) is 46.2. The summed E-state index contributed by atoms with van der Waals surface area (Å²) >= 11 is 0. The Labute approximate surface area is 687 Å². The number of hydrogen-bond acceptors (Lipinski definition) is 17. The lowest BCUT2D eigenvalue weighted by Gasteiger charge is -2.15. The molecule has 4 amide bonds. The lowest BCUT2D eigenvalue weighted by Crippen LogP contribution is -2.45. The van der Waals surface area contributed by atoms with Crippen molar-refractivity contribution in [3.8, 4) is 0 Å². The van der Waals surface area contributed by atoms with Crippen molar-refractivity contribution in [1.29, 1.82) is 0 Å². The van der Waals surface area contributed by atoms with Gasteiger partial charge in [-0.1, -0.05) is 25.3 Å². The highest BCUT2D eigenvalue weighted by atomic mass is 16.2. The number of fused-ring (bicyclic) bond motifs is 6. The number of hydrogen-bond donors (Lipinski definition) is 8. The Hall–Kier alpha value is -10.8. The van der Waals surface area contributed by atoms with E-state index in [1.165, 1.54) is 66.2 Å². The van der Waals surface area contributed by atoms with E-state index in [1.54, 1.807) is 0 Å². The molecule has 10 aromatic rings. The first-order valence-electron chi connectivity index (χ1n) is 42.5. The largest absolute Gasteiger partial charge is 0.377 e. The van der Waals surface area contributed by atoms with E-state index in [1.807, 2.05) is 35.2 Å². The molecular weight excluding hydrogens is 1450 g/mol. The molecule has 0 atom stereocenters. The predicted octanol–water partition coefficient (Wildman–Crippen LogP) is 13.0. The molecule has 0 aliphatic carbocycles. The van der Waals surface area contributed by atoms with Gasteiger partial charge in [-0.05, 0) is 181 Å². The van der Waals surface area contributed by atoms with Gasteiger partial charge in [0.2, 0.25) is 75.2 Å². The second kappa shape index (κ2) is 44.9. The van der Waals surface area contributed by atoms with Gasteiger partial charge in [0, 0.05) is 265 Å². The Morgan fingerprint density at radius 2 is 0.586 bits per heavy atom. The minimum atomic E-state index is -0.128. The Bertz CT molecular complexity index is 4800. The van der Waals surface area contributed by atoms with Crippen LogP contribution in [0, 0.1) is 0 Å². The molecule has 0 bridgehead atoms. The number of aromatic nitrogens is 6. The van der Waals surface area contributed by atoms with Crippen LogP contribution in [-0.4, -0.2) is 168 Å². The molecule has 0 spiro atoms. The first-order valence-corrected chi connectivity index (χ1v) is 42.5. The van der Waals surface area contributed by atoms with Crippen molar-refractivity contribution in [3.63, 3.8) is 0 Å². The molecule has 0 saturated carbocycles. The molecule has 24 heteroatoms. The zero-order chi connectivity index (χ0) is 82.3. The fraction of sp³-hybridized carbons (Fsp3) is 0.489. The van der Waals surface area contributed by atoms with Gasteiger partial charge in [-0.25, -0.2) is 0 Å². The van der Waals surface area contributed by atoms with Crippen molar-refractivity contribution in [2.75, 3.05) is 164 Å². The SMILES string of the molecule is CNCc1ccc2cc3ccc(N(C)C)cc3[n+](CCCCCC(=O)NCCCCCNC(=O)CCCCCNc3nc(NCCCCCC(=O)NCCCCCC(=O)CCCCC[n+]4c5cc(N(C)C)ccc5cc5ccc(N(C)C)cc54)nc(NCCNC(=O)C[n+]4c5cc(N(C)C)ccc5cc5ccc(N(C)C)cc54)n3)c2c1. The zero-order valence-electron chi connectivity index (χ0n) is 71.1. The van der Waals surface area contributed by atoms with Gasteiger partial charge >= 0.3 is 0 Å². The summed E-state index contributed by atoms with van der Waals surface area (Å²) in [5, 5.41) is 32.7. The summed E-state index contributed by atoms with van der Waals surface area (Å²) in [4.78, 5) is 90.1. The minimum absolute atomic E-state index is 0.0432. The number of unbranched alkanes of at least 4 members (excludes halogenated alkanes) is 12. The van der Waals surface area contributed by atoms with E-state index in [9.17, 15) is 24.0 Å². The number of carbonyl (C=O) groups excluding carboxylic acids is 5. The summed E-state index contributed by atoms with van der Waals surface area (Å²) in [5.74, 6) is 1.55. The fourth-order valence-electron chi connectivity index (χ4n) is 15.0. The predicted molar refractivity (Wildman–Crippen MR) is 478 cm³/mol. The monoisotopic (exact) mass is 1580 g/mol. The molecule has 0 saturated heterocycles. The summed E-state index contributed by atoms with van der Waals surface area (Å²) in [6.07, 6.45) is 18.2. The lowest BCUT2D eigenvalue weighted by molar-refractivity contribution is -0.646. The summed E-state index contributed by atoms with van der Waals surface area (Å²) < 4.78 is 7.01. The molecule has 8 N–H and O–H groups in total. The highest BCUT2D eigenvalue weighted by Gasteiger charge is 2.24. The molecule has 116 heavy (non-hydrogen) atoms. The number of aryl methyl sites for hydroxylation is 2. The molecule has 0 unspecified atom stereocenters. The van der Waals surface area contributed by atoms with Crippen molar-refractivity contribution < 1.29 is 37.7 Å². The van der Waals surface area contributed by atoms with E-state index in [0.717, 1.165) is 168 Å². The fourth-order valence-corrected chi connectivity index (χ4v) is 15.0. The molecular formula is C92H130N19O5+3. The van der Waals surface area contributed by atoms with Crippen LogP contribution in [0.4, 0.5) is 46.3 Å². The highest BCUT2D eigenvalue weighted by molar-refractivity contribution is 5.94. The van der Waals surface area contributed by atoms with Gasteiger partial charge in [0.05, 0.1) is 0 Å². The number of nitrogens with zero attached hydrogens (tertiary/aromatic N) is 11. The van der Waals surface area contributed by atoms with Crippen molar-refractivity contribution >= 4 is 141 Å². The molecule has 0 radical (unpaired) electrons. The van der Waals surface area contributed by atoms with Crippen LogP contribution in [-0.2, 0) is 50.2 Å². The molecule has 4 aromatic heterocycles. The van der Waals surface area contributed by atoms with Crippen LogP contribution in [0.15, 0.2) is 127 Å². The van der Waals surface area contributed by atoms with Crippen LogP contribution in [0.3, 0.4) is 0 Å². The number of rotatable bonds is 51. The van der Waals surface area contributed by atoms with Gasteiger partial charge in [-0.3, -0.25) is 24.0 Å². The smallest absolute Gasteiger partial charge is 0.286 e. The first kappa shape index (κ1) is 87.6. The third-order valence-corrected chi connectivity index (χ3v) is 21.8. The van der Waals surface area contributed by atoms with Gasteiger partial charge in [0.15, 0.2) is 0 Å². The van der Waals surface area contributed by atoms with Crippen LogP contribution in [0.5, 0.6) is 0 Å². The number of anilines is 8. The van der Waals surface area contributed by atoms with Crippen molar-refractivity contribution in [2.24, 2.45) is 0 Å². The number of amides is 4. The van der Waals surface area contributed by atoms with Crippen molar-refractivity contribution in [3.05, 3.63) is 133 Å². The Balaban J connectivity index is 0.606. The van der Waals surface area contributed by atoms with Gasteiger partial charge in [0.25, 0.3) is 5.91 Å². The Kier molecular flexibility index (Phi) is 34.0. The molecule has 24 nitrogen and oxygen atoms in total. The van der Waals surface area contributed by atoms with Gasteiger partial charge < -0.3 is 67.0 Å². The number of nitrogens with one attached hydrogen (secondary N) is 8. The summed E-state index contributed by atoms with van der Waals surface area (Å²) in [6.45, 7) is 6.41. The van der Waals surface area contributed by atoms with E-state index in [-0.39, 0.29) is 30.2 Å². The average molecular weight is 1580 g/mol. The zero-order valence-corrected chi connectivity index (χ0v) is 71.1. The number of Topliss-reactive ketones (excluding diaryl/α,β-unsaturated/α-hetero) is 1. The van der Waals surface area contributed by atoms with Crippen molar-refractivity contribution in [1.82, 2.24) is 41.5 Å². The number of carbonyl (C=O) groups is 5. The van der Waals surface area contributed by atoms with Crippen LogP contribution < -0.4 is 80.7 Å². The quantitative estimate of drug-likeness (QED) is 0.0100. The second-order valence-electron chi connectivity index (χ2n) is 32.1. The maximum absolute atomic E-state index is 13.9. The standard InChI is InChI=1S/C92H127N19O5/c1-93-65-67-35-36-68-57-69-37-42-74(104(2)3)60-81(69)109(80(68)56-67)54-29-16-22-34-88(115)96-49-27-17-26-48-95-87(114)33-21-14-25-51-99-91-101-90(102-92(103-91)100-53-52-97-89(116)66-111-84-63-77(107(8)9)45-40-72(84)59-73-41-46-78(108(10)11)64-85(73)111)98-50-24-13-20-32-86(113)94-47-23-12-18-30-79(112)31-19-15-28-55-110-82-61-75(105(4)5)43-38-70(82)58-71-39-44-76(106(6)7)62-83(71)110/h35-46,56-64,93H,12-34,47-55,65-66H2,1-11H3,(H4-3,94,95,96,97,98,99,100,101,102,103,113,114,115,116)/p+3. The molecule has 6 aromatic carbocycles. The molecule has 0 aliphatic heterocycles. The molecule has 620 valence electrons. The van der Waals surface area contributed by atoms with E-state index < -0.39 is 0 Å². The van der Waals surface area contributed by atoms with Crippen molar-refractivity contribution in [2.45, 2.75) is 174 Å². The van der Waals surface area contributed by atoms with Gasteiger partial charge in [-0.2, -0.15) is 28.7 Å². The van der Waals surface area contributed by atoms with E-state index >= 15 is 0 Å².